The van der Waals surface area contributed by atoms with Crippen LogP contribution in [0, 0.1) is 0 Å². The second-order valence-corrected chi connectivity index (χ2v) is 7.62. The maximum absolute atomic E-state index is 6.19. The first-order valence-electron chi connectivity index (χ1n) is 8.55. The first kappa shape index (κ1) is 19.0. The Morgan fingerprint density at radius 1 is 1.00 bits per heavy atom. The molecule has 0 unspecified atom stereocenters. The summed E-state index contributed by atoms with van der Waals surface area (Å²) >= 11 is 13.8. The Morgan fingerprint density at radius 2 is 1.86 bits per heavy atom. The molecular formula is C19H15Cl2N5OS. The van der Waals surface area contributed by atoms with Crippen molar-refractivity contribution in [1.82, 2.24) is 25.0 Å². The lowest BCUT2D eigenvalue weighted by atomic mass is 10.2. The van der Waals surface area contributed by atoms with Gasteiger partial charge >= 0.3 is 0 Å². The minimum absolute atomic E-state index is 0.401. The van der Waals surface area contributed by atoms with Gasteiger partial charge in [0.1, 0.15) is 0 Å². The average Bonchev–Trinajstić information content (AvgIpc) is 3.33. The number of nitrogens with zero attached hydrogens (tertiary/aromatic N) is 5. The fraction of sp³-hybridized carbons (Fsp3) is 0.158. The van der Waals surface area contributed by atoms with Gasteiger partial charge in [-0.25, -0.2) is 0 Å². The predicted molar refractivity (Wildman–Crippen MR) is 110 cm³/mol. The monoisotopic (exact) mass is 431 g/mol. The molecule has 0 atom stereocenters. The van der Waals surface area contributed by atoms with Crippen molar-refractivity contribution in [2.24, 2.45) is 0 Å². The Hall–Kier alpha value is -2.35. The van der Waals surface area contributed by atoms with Crippen LogP contribution in [0.15, 0.2) is 58.1 Å². The summed E-state index contributed by atoms with van der Waals surface area (Å²) in [6.45, 7) is 2.77. The molecule has 6 nitrogen and oxygen atoms in total. The SMILES string of the molecule is CCn1c(SCc2nnc(-c3ccccc3Cl)o2)nnc1-c1cccc(Cl)c1. The van der Waals surface area contributed by atoms with Crippen molar-refractivity contribution in [3.05, 3.63) is 64.5 Å². The third-order valence-electron chi connectivity index (χ3n) is 4.01. The number of benzene rings is 2. The van der Waals surface area contributed by atoms with Crippen LogP contribution in [0.5, 0.6) is 0 Å². The van der Waals surface area contributed by atoms with Gasteiger partial charge in [0, 0.05) is 17.1 Å². The molecule has 0 saturated heterocycles. The highest BCUT2D eigenvalue weighted by molar-refractivity contribution is 7.98. The fourth-order valence-electron chi connectivity index (χ4n) is 2.70. The molecule has 2 aromatic heterocycles. The minimum atomic E-state index is 0.401. The summed E-state index contributed by atoms with van der Waals surface area (Å²) in [7, 11) is 0. The molecule has 0 aliphatic rings. The van der Waals surface area contributed by atoms with Crippen LogP contribution in [0.3, 0.4) is 0 Å². The Labute approximate surface area is 175 Å². The van der Waals surface area contributed by atoms with Gasteiger partial charge in [-0.3, -0.25) is 0 Å². The lowest BCUT2D eigenvalue weighted by Gasteiger charge is -2.06. The van der Waals surface area contributed by atoms with Crippen LogP contribution in [-0.4, -0.2) is 25.0 Å². The van der Waals surface area contributed by atoms with E-state index in [2.05, 4.69) is 20.4 Å². The van der Waals surface area contributed by atoms with Gasteiger partial charge in [-0.05, 0) is 31.2 Å². The first-order chi connectivity index (χ1) is 13.7. The molecule has 2 heterocycles. The number of hydrogen-bond donors (Lipinski definition) is 0. The van der Waals surface area contributed by atoms with Crippen LogP contribution in [0.2, 0.25) is 10.0 Å². The maximum atomic E-state index is 6.19. The zero-order chi connectivity index (χ0) is 19.5. The lowest BCUT2D eigenvalue weighted by molar-refractivity contribution is 0.528. The molecule has 9 heteroatoms. The molecule has 2 aromatic carbocycles. The number of aromatic nitrogens is 5. The van der Waals surface area contributed by atoms with E-state index < -0.39 is 0 Å². The number of hydrogen-bond acceptors (Lipinski definition) is 6. The topological polar surface area (TPSA) is 69.6 Å². The molecule has 0 radical (unpaired) electrons. The molecule has 28 heavy (non-hydrogen) atoms. The van der Waals surface area contributed by atoms with Gasteiger partial charge in [-0.1, -0.05) is 59.2 Å². The molecule has 0 aliphatic heterocycles. The highest BCUT2D eigenvalue weighted by atomic mass is 35.5. The van der Waals surface area contributed by atoms with Crippen molar-refractivity contribution in [1.29, 1.82) is 0 Å². The lowest BCUT2D eigenvalue weighted by Crippen LogP contribution is -2.00. The highest BCUT2D eigenvalue weighted by Crippen LogP contribution is 2.30. The molecule has 0 amide bonds. The molecule has 0 saturated carbocycles. The summed E-state index contributed by atoms with van der Waals surface area (Å²) in [5.41, 5.74) is 1.64. The predicted octanol–water partition coefficient (Wildman–Crippen LogP) is 5.61. The molecule has 0 spiro atoms. The maximum Gasteiger partial charge on any atom is 0.249 e. The largest absolute Gasteiger partial charge is 0.420 e. The number of rotatable bonds is 6. The average molecular weight is 432 g/mol. The summed E-state index contributed by atoms with van der Waals surface area (Å²) in [6.07, 6.45) is 0. The van der Waals surface area contributed by atoms with E-state index in [1.165, 1.54) is 11.8 Å². The van der Waals surface area contributed by atoms with Crippen LogP contribution >= 0.6 is 35.0 Å². The zero-order valence-electron chi connectivity index (χ0n) is 14.8. The van der Waals surface area contributed by atoms with E-state index in [4.69, 9.17) is 27.6 Å². The molecule has 142 valence electrons. The molecule has 0 bridgehead atoms. The quantitative estimate of drug-likeness (QED) is 0.369. The smallest absolute Gasteiger partial charge is 0.249 e. The second kappa shape index (κ2) is 8.34. The third kappa shape index (κ3) is 3.92. The molecule has 4 aromatic rings. The van der Waals surface area contributed by atoms with E-state index in [0.717, 1.165) is 23.1 Å². The van der Waals surface area contributed by atoms with Crippen LogP contribution in [-0.2, 0) is 12.3 Å². The highest BCUT2D eigenvalue weighted by Gasteiger charge is 2.16. The first-order valence-corrected chi connectivity index (χ1v) is 10.3. The second-order valence-electron chi connectivity index (χ2n) is 5.83. The number of halogens is 2. The van der Waals surface area contributed by atoms with Crippen LogP contribution in [0.4, 0.5) is 0 Å². The number of thioether (sulfide) groups is 1. The van der Waals surface area contributed by atoms with Crippen molar-refractivity contribution in [3.8, 4) is 22.8 Å². The summed E-state index contributed by atoms with van der Waals surface area (Å²) in [6, 6.07) is 14.9. The Bertz CT molecular complexity index is 1110. The van der Waals surface area contributed by atoms with Crippen LogP contribution in [0.25, 0.3) is 22.8 Å². The van der Waals surface area contributed by atoms with Gasteiger partial charge in [0.25, 0.3) is 0 Å². The van der Waals surface area contributed by atoms with Gasteiger partial charge in [0.05, 0.1) is 16.3 Å². The summed E-state index contributed by atoms with van der Waals surface area (Å²) in [5.74, 6) is 2.15. The molecule has 4 rings (SSSR count). The Balaban J connectivity index is 1.52. The summed E-state index contributed by atoms with van der Waals surface area (Å²) < 4.78 is 7.78. The van der Waals surface area contributed by atoms with E-state index in [1.807, 2.05) is 54.0 Å². The van der Waals surface area contributed by atoms with Crippen molar-refractivity contribution < 1.29 is 4.42 Å². The Morgan fingerprint density at radius 3 is 2.64 bits per heavy atom. The molecule has 0 N–H and O–H groups in total. The van der Waals surface area contributed by atoms with E-state index in [9.17, 15) is 0 Å². The van der Waals surface area contributed by atoms with Gasteiger partial charge < -0.3 is 8.98 Å². The van der Waals surface area contributed by atoms with E-state index in [-0.39, 0.29) is 0 Å². The van der Waals surface area contributed by atoms with E-state index in [1.54, 1.807) is 6.07 Å². The van der Waals surface area contributed by atoms with Gasteiger partial charge in [-0.15, -0.1) is 20.4 Å². The van der Waals surface area contributed by atoms with Crippen molar-refractivity contribution in [3.63, 3.8) is 0 Å². The van der Waals surface area contributed by atoms with Crippen molar-refractivity contribution in [2.45, 2.75) is 24.4 Å². The van der Waals surface area contributed by atoms with Gasteiger partial charge in [0.15, 0.2) is 11.0 Å². The minimum Gasteiger partial charge on any atom is -0.420 e. The van der Waals surface area contributed by atoms with Crippen molar-refractivity contribution >= 4 is 35.0 Å². The fourth-order valence-corrected chi connectivity index (χ4v) is 3.95. The van der Waals surface area contributed by atoms with Gasteiger partial charge in [0.2, 0.25) is 11.8 Å². The van der Waals surface area contributed by atoms with E-state index in [0.29, 0.717) is 33.1 Å². The summed E-state index contributed by atoms with van der Waals surface area (Å²) in [5, 5.41) is 18.8. The Kier molecular flexibility index (Phi) is 5.66. The normalized spacial score (nSPS) is 11.1. The standard InChI is InChI=1S/C19H15Cl2N5OS/c1-2-26-17(12-6-5-7-13(20)10-12)23-25-19(26)28-11-16-22-24-18(27-16)14-8-3-4-9-15(14)21/h3-10H,2,11H2,1H3. The third-order valence-corrected chi connectivity index (χ3v) is 5.53. The molecule has 0 fully saturated rings. The van der Waals surface area contributed by atoms with Crippen molar-refractivity contribution in [2.75, 3.05) is 0 Å². The molecular weight excluding hydrogens is 417 g/mol. The van der Waals surface area contributed by atoms with Crippen LogP contribution < -0.4 is 0 Å². The van der Waals surface area contributed by atoms with Crippen LogP contribution in [0.1, 0.15) is 12.8 Å². The van der Waals surface area contributed by atoms with E-state index >= 15 is 0 Å². The van der Waals surface area contributed by atoms with Gasteiger partial charge in [-0.2, -0.15) is 0 Å². The summed E-state index contributed by atoms with van der Waals surface area (Å²) in [4.78, 5) is 0. The molecule has 0 aliphatic carbocycles. The zero-order valence-corrected chi connectivity index (χ0v) is 17.2.